The highest BCUT2D eigenvalue weighted by atomic mass is 15.1. The van der Waals surface area contributed by atoms with Crippen LogP contribution in [0.2, 0.25) is 0 Å². The number of benzene rings is 7. The van der Waals surface area contributed by atoms with Crippen molar-refractivity contribution in [3.8, 4) is 44.5 Å². The molecular formula is C56H51N. The van der Waals surface area contributed by atoms with Crippen molar-refractivity contribution in [3.63, 3.8) is 0 Å². The highest BCUT2D eigenvalue weighted by Crippen LogP contribution is 2.67. The SMILES string of the molecule is CC1(C)CC(C)(C)c2cc3c(cc21)-c1ccc(N(c2ccc(-c4ccccc4-c4ccccc4)cc2)c2cccc(-c4ccccc4)c2)cc1C31CC2CCC1C2. The summed E-state index contributed by atoms with van der Waals surface area (Å²) in [6.45, 7) is 9.89. The first kappa shape index (κ1) is 34.6. The highest BCUT2D eigenvalue weighted by Gasteiger charge is 2.58. The van der Waals surface area contributed by atoms with Gasteiger partial charge in [-0.05, 0) is 158 Å². The van der Waals surface area contributed by atoms with E-state index in [0.29, 0.717) is 5.92 Å². The van der Waals surface area contributed by atoms with Gasteiger partial charge in [0.1, 0.15) is 0 Å². The van der Waals surface area contributed by atoms with Gasteiger partial charge in [-0.15, -0.1) is 0 Å². The summed E-state index contributed by atoms with van der Waals surface area (Å²) in [6.07, 6.45) is 6.58. The molecule has 0 saturated heterocycles. The van der Waals surface area contributed by atoms with E-state index in [9.17, 15) is 0 Å². The predicted molar refractivity (Wildman–Crippen MR) is 240 cm³/mol. The third kappa shape index (κ3) is 5.35. The monoisotopic (exact) mass is 737 g/mol. The van der Waals surface area contributed by atoms with Gasteiger partial charge in [-0.3, -0.25) is 0 Å². The van der Waals surface area contributed by atoms with Crippen molar-refractivity contribution in [1.82, 2.24) is 0 Å². The zero-order valence-corrected chi connectivity index (χ0v) is 33.7. The molecule has 0 aromatic heterocycles. The van der Waals surface area contributed by atoms with Crippen LogP contribution in [0.15, 0.2) is 164 Å². The molecule has 280 valence electrons. The van der Waals surface area contributed by atoms with Crippen LogP contribution in [0.5, 0.6) is 0 Å². The van der Waals surface area contributed by atoms with E-state index >= 15 is 0 Å². The van der Waals surface area contributed by atoms with Crippen LogP contribution in [0.1, 0.15) is 82.1 Å². The summed E-state index contributed by atoms with van der Waals surface area (Å²) in [5.74, 6) is 1.52. The van der Waals surface area contributed by atoms with E-state index in [4.69, 9.17) is 0 Å². The fourth-order valence-corrected chi connectivity index (χ4v) is 12.3. The van der Waals surface area contributed by atoms with Gasteiger partial charge in [0, 0.05) is 22.5 Å². The van der Waals surface area contributed by atoms with E-state index < -0.39 is 0 Å². The van der Waals surface area contributed by atoms with Gasteiger partial charge < -0.3 is 4.90 Å². The van der Waals surface area contributed by atoms with Crippen molar-refractivity contribution in [2.75, 3.05) is 4.90 Å². The molecule has 57 heavy (non-hydrogen) atoms. The van der Waals surface area contributed by atoms with Crippen LogP contribution in [0.25, 0.3) is 44.5 Å². The maximum absolute atomic E-state index is 2.72. The Hall–Kier alpha value is -5.66. The summed E-state index contributed by atoms with van der Waals surface area (Å²) in [7, 11) is 0. The number of anilines is 3. The number of rotatable bonds is 6. The van der Waals surface area contributed by atoms with Gasteiger partial charge in [0.05, 0.1) is 0 Å². The lowest BCUT2D eigenvalue weighted by molar-refractivity contribution is 0.326. The number of hydrogen-bond acceptors (Lipinski definition) is 1. The third-order valence-corrected chi connectivity index (χ3v) is 14.5. The molecule has 1 spiro atoms. The molecule has 4 aliphatic rings. The van der Waals surface area contributed by atoms with Crippen molar-refractivity contribution in [3.05, 3.63) is 186 Å². The minimum atomic E-state index is 0.0873. The number of hydrogen-bond donors (Lipinski definition) is 0. The van der Waals surface area contributed by atoms with Crippen LogP contribution in [0, 0.1) is 11.8 Å². The molecule has 0 N–H and O–H groups in total. The van der Waals surface area contributed by atoms with Crippen LogP contribution >= 0.6 is 0 Å². The van der Waals surface area contributed by atoms with Crippen LogP contribution < -0.4 is 4.90 Å². The summed E-state index contributed by atoms with van der Waals surface area (Å²) in [5, 5.41) is 0. The summed E-state index contributed by atoms with van der Waals surface area (Å²) < 4.78 is 0. The maximum atomic E-state index is 2.72. The maximum Gasteiger partial charge on any atom is 0.0467 e. The lowest BCUT2D eigenvalue weighted by Crippen LogP contribution is -2.32. The molecule has 2 fully saturated rings. The number of nitrogens with zero attached hydrogens (tertiary/aromatic N) is 1. The molecule has 7 aromatic carbocycles. The average Bonchev–Trinajstić information content (AvgIpc) is 3.97. The molecule has 4 aliphatic carbocycles. The molecule has 2 bridgehead atoms. The predicted octanol–water partition coefficient (Wildman–Crippen LogP) is 15.2. The Bertz CT molecular complexity index is 2670. The smallest absolute Gasteiger partial charge is 0.0467 e. The minimum Gasteiger partial charge on any atom is -0.310 e. The van der Waals surface area contributed by atoms with Crippen molar-refractivity contribution in [2.24, 2.45) is 11.8 Å². The minimum absolute atomic E-state index is 0.0873. The lowest BCUT2D eigenvalue weighted by atomic mass is 9.66. The highest BCUT2D eigenvalue weighted by molar-refractivity contribution is 5.89. The lowest BCUT2D eigenvalue weighted by Gasteiger charge is -2.38. The van der Waals surface area contributed by atoms with Gasteiger partial charge in [-0.25, -0.2) is 0 Å². The van der Waals surface area contributed by atoms with Crippen LogP contribution in [0.4, 0.5) is 17.1 Å². The van der Waals surface area contributed by atoms with Crippen molar-refractivity contribution < 1.29 is 0 Å². The molecule has 0 amide bonds. The molecule has 11 rings (SSSR count). The fourth-order valence-electron chi connectivity index (χ4n) is 12.3. The van der Waals surface area contributed by atoms with E-state index in [-0.39, 0.29) is 16.2 Å². The summed E-state index contributed by atoms with van der Waals surface area (Å²) >= 11 is 0. The van der Waals surface area contributed by atoms with Gasteiger partial charge in [0.25, 0.3) is 0 Å². The Labute approximate surface area is 339 Å². The van der Waals surface area contributed by atoms with Gasteiger partial charge in [0.2, 0.25) is 0 Å². The second-order valence-electron chi connectivity index (χ2n) is 18.9. The fraction of sp³-hybridized carbons (Fsp3) is 0.250. The first-order valence-electron chi connectivity index (χ1n) is 21.2. The standard InChI is InChI=1S/C56H51N/c1-54(2)36-55(3,4)53-34-51-49(33-52(53)54)48-29-28-45(32-50(48)56(51)35-37-22-25-42(56)30-37)57(44-19-13-18-41(31-44)38-14-7-5-8-15-38)43-26-23-40(24-27-43)47-21-12-11-20-46(47)39-16-9-6-10-17-39/h5-21,23-24,26-29,31-34,37,42H,22,25,30,35-36H2,1-4H3. The van der Waals surface area contributed by atoms with E-state index in [1.807, 2.05) is 0 Å². The normalized spacial score (nSPS) is 21.7. The summed E-state index contributed by atoms with van der Waals surface area (Å²) in [6, 6.07) is 61.6. The Morgan fingerprint density at radius 2 is 1.00 bits per heavy atom. The third-order valence-electron chi connectivity index (χ3n) is 14.5. The molecule has 3 atom stereocenters. The van der Waals surface area contributed by atoms with Gasteiger partial charge in [0.15, 0.2) is 0 Å². The first-order valence-corrected chi connectivity index (χ1v) is 21.2. The Morgan fingerprint density at radius 3 is 1.67 bits per heavy atom. The molecule has 7 aromatic rings. The topological polar surface area (TPSA) is 3.24 Å². The van der Waals surface area contributed by atoms with E-state index in [2.05, 4.69) is 196 Å². The van der Waals surface area contributed by atoms with Crippen LogP contribution in [-0.4, -0.2) is 0 Å². The zero-order chi connectivity index (χ0) is 38.5. The Morgan fingerprint density at radius 1 is 0.421 bits per heavy atom. The number of fused-ring (bicyclic) bond motifs is 9. The van der Waals surface area contributed by atoms with Gasteiger partial charge in [-0.2, -0.15) is 0 Å². The van der Waals surface area contributed by atoms with Gasteiger partial charge >= 0.3 is 0 Å². The molecule has 1 heteroatoms. The zero-order valence-electron chi connectivity index (χ0n) is 33.7. The molecule has 0 radical (unpaired) electrons. The van der Waals surface area contributed by atoms with Crippen molar-refractivity contribution in [2.45, 2.75) is 76.0 Å². The molecular weight excluding hydrogens is 687 g/mol. The van der Waals surface area contributed by atoms with Gasteiger partial charge in [-0.1, -0.05) is 155 Å². The van der Waals surface area contributed by atoms with E-state index in [1.165, 1.54) is 93.7 Å². The molecule has 0 aliphatic heterocycles. The molecule has 0 heterocycles. The average molecular weight is 738 g/mol. The van der Waals surface area contributed by atoms with Crippen molar-refractivity contribution >= 4 is 17.1 Å². The second kappa shape index (κ2) is 12.7. The molecule has 1 nitrogen and oxygen atoms in total. The quantitative estimate of drug-likeness (QED) is 0.164. The van der Waals surface area contributed by atoms with Crippen molar-refractivity contribution in [1.29, 1.82) is 0 Å². The largest absolute Gasteiger partial charge is 0.310 e. The van der Waals surface area contributed by atoms with Crippen LogP contribution in [0.3, 0.4) is 0 Å². The summed E-state index contributed by atoms with van der Waals surface area (Å²) in [5.41, 5.74) is 20.8. The Kier molecular flexibility index (Phi) is 7.69. The molecule has 3 unspecified atom stereocenters. The van der Waals surface area contributed by atoms with E-state index in [1.54, 1.807) is 22.3 Å². The van der Waals surface area contributed by atoms with Crippen LogP contribution in [-0.2, 0) is 16.2 Å². The second-order valence-corrected chi connectivity index (χ2v) is 18.9. The summed E-state index contributed by atoms with van der Waals surface area (Å²) in [4.78, 5) is 2.51. The Balaban J connectivity index is 1.08. The van der Waals surface area contributed by atoms with E-state index in [0.717, 1.165) is 5.92 Å². The molecule has 2 saturated carbocycles. The first-order chi connectivity index (χ1) is 27.7.